The summed E-state index contributed by atoms with van der Waals surface area (Å²) in [5.74, 6) is 0.421. The molecule has 0 saturated carbocycles. The van der Waals surface area contributed by atoms with Crippen LogP contribution in [0.4, 0.5) is 5.95 Å². The highest BCUT2D eigenvalue weighted by Crippen LogP contribution is 2.34. The van der Waals surface area contributed by atoms with E-state index in [1.165, 1.54) is 0 Å². The molecule has 1 aromatic heterocycles. The third-order valence-corrected chi connectivity index (χ3v) is 4.32. The molecule has 0 aliphatic rings. The number of para-hydroxylation sites is 1. The Labute approximate surface area is 131 Å². The second-order valence-corrected chi connectivity index (χ2v) is 6.15. The number of nitrogen functional groups attached to an aromatic ring is 1. The normalized spacial score (nSPS) is 11.1. The number of halogens is 3. The zero-order chi connectivity index (χ0) is 13.6. The van der Waals surface area contributed by atoms with Gasteiger partial charge >= 0.3 is 0 Å². The van der Waals surface area contributed by atoms with Gasteiger partial charge in [-0.05, 0) is 62.2 Å². The number of hydrogen-bond donors (Lipinski definition) is 1. The van der Waals surface area contributed by atoms with Crippen molar-refractivity contribution < 1.29 is 0 Å². The van der Waals surface area contributed by atoms with E-state index in [1.807, 2.05) is 34.9 Å². The first-order valence-corrected chi connectivity index (χ1v) is 7.42. The largest absolute Gasteiger partial charge is 0.369 e. The van der Waals surface area contributed by atoms with Crippen molar-refractivity contribution in [2.75, 3.05) is 5.73 Å². The molecule has 0 spiro atoms. The molecule has 0 bridgehead atoms. The molecule has 1 heterocycles. The SMILES string of the molecule is Nc1nc2cc(Cl)ccc2n1-c1c(Br)cccc1Br. The van der Waals surface area contributed by atoms with Crippen LogP contribution in [0.5, 0.6) is 0 Å². The van der Waals surface area contributed by atoms with Crippen molar-refractivity contribution in [3.63, 3.8) is 0 Å². The van der Waals surface area contributed by atoms with E-state index in [1.54, 1.807) is 6.07 Å². The first-order chi connectivity index (χ1) is 9.08. The van der Waals surface area contributed by atoms with E-state index in [2.05, 4.69) is 36.8 Å². The Balaban J connectivity index is 2.40. The highest BCUT2D eigenvalue weighted by atomic mass is 79.9. The van der Waals surface area contributed by atoms with Gasteiger partial charge in [0, 0.05) is 14.0 Å². The maximum Gasteiger partial charge on any atom is 0.206 e. The van der Waals surface area contributed by atoms with Crippen molar-refractivity contribution >= 4 is 60.4 Å². The van der Waals surface area contributed by atoms with E-state index < -0.39 is 0 Å². The number of anilines is 1. The van der Waals surface area contributed by atoms with Gasteiger partial charge in [0.25, 0.3) is 0 Å². The van der Waals surface area contributed by atoms with Gasteiger partial charge in [-0.15, -0.1) is 0 Å². The fourth-order valence-electron chi connectivity index (χ4n) is 2.01. The average Bonchev–Trinajstić information content (AvgIpc) is 2.65. The Kier molecular flexibility index (Phi) is 3.28. The Bertz CT molecular complexity index is 763. The minimum Gasteiger partial charge on any atom is -0.369 e. The van der Waals surface area contributed by atoms with E-state index in [4.69, 9.17) is 17.3 Å². The smallest absolute Gasteiger partial charge is 0.206 e. The molecular formula is C13H8Br2ClN3. The number of rotatable bonds is 1. The number of nitrogens with two attached hydrogens (primary N) is 1. The van der Waals surface area contributed by atoms with E-state index in [0.29, 0.717) is 11.0 Å². The van der Waals surface area contributed by atoms with Crippen LogP contribution in [0.3, 0.4) is 0 Å². The van der Waals surface area contributed by atoms with Crippen LogP contribution in [0.25, 0.3) is 16.7 Å². The molecule has 3 rings (SSSR count). The molecule has 96 valence electrons. The summed E-state index contributed by atoms with van der Waals surface area (Å²) >= 11 is 13.1. The second-order valence-electron chi connectivity index (χ2n) is 4.01. The lowest BCUT2D eigenvalue weighted by molar-refractivity contribution is 1.09. The van der Waals surface area contributed by atoms with Crippen LogP contribution >= 0.6 is 43.5 Å². The Morgan fingerprint density at radius 1 is 1.11 bits per heavy atom. The molecule has 0 amide bonds. The number of nitrogens with zero attached hydrogens (tertiary/aromatic N) is 2. The van der Waals surface area contributed by atoms with Crippen LogP contribution in [0.15, 0.2) is 45.3 Å². The predicted molar refractivity (Wildman–Crippen MR) is 85.9 cm³/mol. The minimum absolute atomic E-state index is 0.421. The molecule has 2 N–H and O–H groups in total. The molecule has 3 aromatic rings. The molecule has 0 radical (unpaired) electrons. The van der Waals surface area contributed by atoms with Crippen LogP contribution < -0.4 is 5.73 Å². The molecule has 3 nitrogen and oxygen atoms in total. The average molecular weight is 401 g/mol. The van der Waals surface area contributed by atoms with Gasteiger partial charge in [-0.25, -0.2) is 4.98 Å². The monoisotopic (exact) mass is 399 g/mol. The molecule has 19 heavy (non-hydrogen) atoms. The van der Waals surface area contributed by atoms with Crippen LogP contribution in [0.2, 0.25) is 5.02 Å². The van der Waals surface area contributed by atoms with Crippen molar-refractivity contribution in [2.45, 2.75) is 0 Å². The summed E-state index contributed by atoms with van der Waals surface area (Å²) in [6.45, 7) is 0. The summed E-state index contributed by atoms with van der Waals surface area (Å²) < 4.78 is 3.76. The Hall–Kier alpha value is -1.04. The molecule has 0 unspecified atom stereocenters. The molecular weight excluding hydrogens is 393 g/mol. The van der Waals surface area contributed by atoms with Gasteiger partial charge in [0.1, 0.15) is 0 Å². The van der Waals surface area contributed by atoms with Crippen LogP contribution in [-0.2, 0) is 0 Å². The van der Waals surface area contributed by atoms with E-state index >= 15 is 0 Å². The summed E-state index contributed by atoms with van der Waals surface area (Å²) in [4.78, 5) is 4.35. The predicted octanol–water partition coefficient (Wildman–Crippen LogP) is 4.79. The minimum atomic E-state index is 0.421. The van der Waals surface area contributed by atoms with Crippen LogP contribution in [0, 0.1) is 0 Å². The third kappa shape index (κ3) is 2.16. The van der Waals surface area contributed by atoms with Gasteiger partial charge in [0.15, 0.2) is 0 Å². The first kappa shape index (κ1) is 13.0. The molecule has 0 aliphatic heterocycles. The van der Waals surface area contributed by atoms with Crippen molar-refractivity contribution in [3.8, 4) is 5.69 Å². The van der Waals surface area contributed by atoms with Crippen molar-refractivity contribution in [1.29, 1.82) is 0 Å². The lowest BCUT2D eigenvalue weighted by atomic mass is 10.3. The van der Waals surface area contributed by atoms with Crippen LogP contribution in [-0.4, -0.2) is 9.55 Å². The highest BCUT2D eigenvalue weighted by Gasteiger charge is 2.15. The van der Waals surface area contributed by atoms with Crippen molar-refractivity contribution in [1.82, 2.24) is 9.55 Å². The molecule has 0 atom stereocenters. The number of aromatic nitrogens is 2. The standard InChI is InChI=1S/C13H8Br2ClN3/c14-8-2-1-3-9(15)12(8)19-11-5-4-7(16)6-10(11)18-13(19)17/h1-6H,(H2,17,18). The lowest BCUT2D eigenvalue weighted by Gasteiger charge is -2.11. The summed E-state index contributed by atoms with van der Waals surface area (Å²) in [6.07, 6.45) is 0. The van der Waals surface area contributed by atoms with Crippen LogP contribution in [0.1, 0.15) is 0 Å². The molecule has 0 aliphatic carbocycles. The Morgan fingerprint density at radius 3 is 2.47 bits per heavy atom. The first-order valence-electron chi connectivity index (χ1n) is 5.46. The van der Waals surface area contributed by atoms with Gasteiger partial charge in [-0.1, -0.05) is 17.7 Å². The van der Waals surface area contributed by atoms with Gasteiger partial charge in [0.2, 0.25) is 5.95 Å². The number of benzene rings is 2. The van der Waals surface area contributed by atoms with Gasteiger partial charge in [-0.3, -0.25) is 4.57 Å². The topological polar surface area (TPSA) is 43.8 Å². The zero-order valence-corrected chi connectivity index (χ0v) is 13.5. The maximum atomic E-state index is 6.04. The maximum absolute atomic E-state index is 6.04. The Morgan fingerprint density at radius 2 is 1.79 bits per heavy atom. The highest BCUT2D eigenvalue weighted by molar-refractivity contribution is 9.11. The quantitative estimate of drug-likeness (QED) is 0.637. The van der Waals surface area contributed by atoms with Crippen molar-refractivity contribution in [2.24, 2.45) is 0 Å². The summed E-state index contributed by atoms with van der Waals surface area (Å²) in [5.41, 5.74) is 8.64. The van der Waals surface area contributed by atoms with Gasteiger partial charge in [-0.2, -0.15) is 0 Å². The zero-order valence-electron chi connectivity index (χ0n) is 9.57. The number of imidazole rings is 1. The van der Waals surface area contributed by atoms with Gasteiger partial charge in [0.05, 0.1) is 16.7 Å². The second kappa shape index (κ2) is 4.81. The van der Waals surface area contributed by atoms with E-state index in [9.17, 15) is 0 Å². The van der Waals surface area contributed by atoms with Crippen molar-refractivity contribution in [3.05, 3.63) is 50.4 Å². The molecule has 2 aromatic carbocycles. The lowest BCUT2D eigenvalue weighted by Crippen LogP contribution is -2.02. The summed E-state index contributed by atoms with van der Waals surface area (Å²) in [7, 11) is 0. The number of hydrogen-bond acceptors (Lipinski definition) is 2. The third-order valence-electron chi connectivity index (χ3n) is 2.80. The van der Waals surface area contributed by atoms with E-state index in [-0.39, 0.29) is 0 Å². The molecule has 6 heteroatoms. The molecule has 0 saturated heterocycles. The fourth-order valence-corrected chi connectivity index (χ4v) is 3.53. The van der Waals surface area contributed by atoms with E-state index in [0.717, 1.165) is 25.7 Å². The summed E-state index contributed by atoms with van der Waals surface area (Å²) in [5, 5.41) is 0.642. The van der Waals surface area contributed by atoms with Gasteiger partial charge < -0.3 is 5.73 Å². The number of fused-ring (bicyclic) bond motifs is 1. The molecule has 0 fully saturated rings. The summed E-state index contributed by atoms with van der Waals surface area (Å²) in [6, 6.07) is 11.4. The fraction of sp³-hybridized carbons (Fsp3) is 0.